The SMILES string of the molecule is COC[C@H]1O[C@@H](n2cnc3c(=O)[nH]c(=O)[nH]c32)[C@H](O)[C@@H]1O. The number of aromatic amines is 2. The molecule has 3 heterocycles. The second-order valence-electron chi connectivity index (χ2n) is 4.76. The molecule has 4 atom stereocenters. The van der Waals surface area contributed by atoms with Crippen molar-refractivity contribution in [2.24, 2.45) is 0 Å². The number of fused-ring (bicyclic) bond motifs is 1. The Kier molecular flexibility index (Phi) is 3.37. The van der Waals surface area contributed by atoms with Crippen molar-refractivity contribution in [3.05, 3.63) is 27.2 Å². The molecule has 2 aromatic heterocycles. The van der Waals surface area contributed by atoms with Crippen molar-refractivity contribution in [3.63, 3.8) is 0 Å². The fourth-order valence-corrected chi connectivity index (χ4v) is 2.41. The first kappa shape index (κ1) is 13.9. The van der Waals surface area contributed by atoms with Crippen LogP contribution in [0.3, 0.4) is 0 Å². The molecule has 0 aliphatic carbocycles. The molecule has 0 spiro atoms. The quantitative estimate of drug-likeness (QED) is 0.498. The number of nitrogens with zero attached hydrogens (tertiary/aromatic N) is 2. The summed E-state index contributed by atoms with van der Waals surface area (Å²) in [6.45, 7) is 0.0957. The van der Waals surface area contributed by atoms with Crippen LogP contribution < -0.4 is 11.2 Å². The molecule has 3 rings (SSSR count). The zero-order valence-electron chi connectivity index (χ0n) is 11.0. The van der Waals surface area contributed by atoms with E-state index in [0.29, 0.717) is 0 Å². The number of aliphatic hydroxyl groups is 2. The minimum absolute atomic E-state index is 0.00933. The lowest BCUT2D eigenvalue weighted by molar-refractivity contribution is -0.0580. The standard InChI is InChI=1S/C11H14N4O6/c1-20-2-4-6(16)7(17)10(21-4)15-3-12-5-8(15)13-11(19)14-9(5)18/h3-4,6-7,10,16-17H,2H2,1H3,(H2,13,14,18,19)/t4-,6-,7-,10-/m1/s1. The molecule has 114 valence electrons. The minimum atomic E-state index is -1.25. The highest BCUT2D eigenvalue weighted by Crippen LogP contribution is 2.30. The number of hydrogen-bond acceptors (Lipinski definition) is 7. The third-order valence-corrected chi connectivity index (χ3v) is 3.41. The van der Waals surface area contributed by atoms with E-state index < -0.39 is 35.8 Å². The summed E-state index contributed by atoms with van der Waals surface area (Å²) in [6, 6.07) is 0. The van der Waals surface area contributed by atoms with Gasteiger partial charge < -0.3 is 19.7 Å². The lowest BCUT2D eigenvalue weighted by Crippen LogP contribution is -2.33. The maximum atomic E-state index is 11.6. The van der Waals surface area contributed by atoms with Crippen LogP contribution in [0.25, 0.3) is 11.2 Å². The van der Waals surface area contributed by atoms with Crippen molar-refractivity contribution in [2.75, 3.05) is 13.7 Å². The van der Waals surface area contributed by atoms with Gasteiger partial charge in [-0.15, -0.1) is 0 Å². The van der Waals surface area contributed by atoms with Crippen molar-refractivity contribution in [1.29, 1.82) is 0 Å². The lowest BCUT2D eigenvalue weighted by atomic mass is 10.1. The maximum Gasteiger partial charge on any atom is 0.327 e. The molecular weight excluding hydrogens is 284 g/mol. The number of aliphatic hydroxyl groups excluding tert-OH is 2. The van der Waals surface area contributed by atoms with Gasteiger partial charge in [-0.25, -0.2) is 9.78 Å². The van der Waals surface area contributed by atoms with Crippen LogP contribution in [0.1, 0.15) is 6.23 Å². The van der Waals surface area contributed by atoms with E-state index in [1.54, 1.807) is 0 Å². The topological polar surface area (TPSA) is 142 Å². The Hall–Kier alpha value is -2.01. The molecule has 1 fully saturated rings. The first-order chi connectivity index (χ1) is 10.0. The molecule has 10 nitrogen and oxygen atoms in total. The highest BCUT2D eigenvalue weighted by molar-refractivity contribution is 5.68. The van der Waals surface area contributed by atoms with Crippen LogP contribution in [-0.2, 0) is 9.47 Å². The number of methoxy groups -OCH3 is 1. The summed E-state index contributed by atoms with van der Waals surface area (Å²) in [4.78, 5) is 31.3. The molecule has 0 bridgehead atoms. The van der Waals surface area contributed by atoms with Crippen LogP contribution in [0.5, 0.6) is 0 Å². The van der Waals surface area contributed by atoms with Crippen molar-refractivity contribution in [1.82, 2.24) is 19.5 Å². The first-order valence-electron chi connectivity index (χ1n) is 6.22. The predicted molar refractivity (Wildman–Crippen MR) is 68.8 cm³/mol. The normalized spacial score (nSPS) is 29.3. The molecule has 1 aliphatic heterocycles. The predicted octanol–water partition coefficient (Wildman–Crippen LogP) is -2.32. The molecule has 0 amide bonds. The van der Waals surface area contributed by atoms with Crippen LogP contribution in [-0.4, -0.2) is 61.8 Å². The number of nitrogens with one attached hydrogen (secondary N) is 2. The van der Waals surface area contributed by atoms with Gasteiger partial charge in [0.05, 0.1) is 12.9 Å². The molecule has 4 N–H and O–H groups in total. The average molecular weight is 298 g/mol. The Morgan fingerprint density at radius 2 is 2.14 bits per heavy atom. The van der Waals surface area contributed by atoms with Gasteiger partial charge in [-0.3, -0.25) is 19.3 Å². The number of aromatic nitrogens is 4. The van der Waals surface area contributed by atoms with Gasteiger partial charge in [0.25, 0.3) is 5.56 Å². The monoisotopic (exact) mass is 298 g/mol. The molecule has 0 saturated carbocycles. The summed E-state index contributed by atoms with van der Waals surface area (Å²) in [6.07, 6.45) is -2.85. The highest BCUT2D eigenvalue weighted by atomic mass is 16.6. The first-order valence-corrected chi connectivity index (χ1v) is 6.22. The van der Waals surface area contributed by atoms with Crippen molar-refractivity contribution in [2.45, 2.75) is 24.5 Å². The van der Waals surface area contributed by atoms with E-state index >= 15 is 0 Å². The molecule has 0 aromatic carbocycles. The van der Waals surface area contributed by atoms with Gasteiger partial charge in [0.15, 0.2) is 11.7 Å². The zero-order chi connectivity index (χ0) is 15.1. The summed E-state index contributed by atoms with van der Waals surface area (Å²) in [5.41, 5.74) is -1.22. The zero-order valence-corrected chi connectivity index (χ0v) is 11.0. The molecular formula is C11H14N4O6. The van der Waals surface area contributed by atoms with E-state index in [1.807, 2.05) is 0 Å². The fraction of sp³-hybridized carbons (Fsp3) is 0.545. The Labute approximate surface area is 117 Å². The van der Waals surface area contributed by atoms with Gasteiger partial charge in [0.2, 0.25) is 0 Å². The van der Waals surface area contributed by atoms with Gasteiger partial charge >= 0.3 is 5.69 Å². The highest BCUT2D eigenvalue weighted by Gasteiger charge is 2.44. The molecule has 10 heteroatoms. The molecule has 0 radical (unpaired) electrons. The van der Waals surface area contributed by atoms with E-state index in [4.69, 9.17) is 9.47 Å². The molecule has 1 aliphatic rings. The maximum absolute atomic E-state index is 11.6. The Balaban J connectivity index is 2.05. The van der Waals surface area contributed by atoms with Gasteiger partial charge in [-0.05, 0) is 0 Å². The second kappa shape index (κ2) is 5.07. The number of imidazole rings is 1. The van der Waals surface area contributed by atoms with E-state index in [1.165, 1.54) is 18.0 Å². The van der Waals surface area contributed by atoms with Gasteiger partial charge in [-0.1, -0.05) is 0 Å². The number of ether oxygens (including phenoxy) is 2. The number of rotatable bonds is 3. The van der Waals surface area contributed by atoms with Crippen LogP contribution in [0.15, 0.2) is 15.9 Å². The third-order valence-electron chi connectivity index (χ3n) is 3.41. The summed E-state index contributed by atoms with van der Waals surface area (Å²) in [5, 5.41) is 20.0. The second-order valence-corrected chi connectivity index (χ2v) is 4.76. The molecule has 2 aromatic rings. The van der Waals surface area contributed by atoms with Crippen LogP contribution in [0.2, 0.25) is 0 Å². The van der Waals surface area contributed by atoms with Crippen molar-refractivity contribution in [3.8, 4) is 0 Å². The summed E-state index contributed by atoms with van der Waals surface area (Å²) < 4.78 is 11.7. The van der Waals surface area contributed by atoms with Crippen molar-refractivity contribution < 1.29 is 19.7 Å². The van der Waals surface area contributed by atoms with Crippen molar-refractivity contribution >= 4 is 11.2 Å². The van der Waals surface area contributed by atoms with Gasteiger partial charge in [-0.2, -0.15) is 0 Å². The van der Waals surface area contributed by atoms with Crippen LogP contribution >= 0.6 is 0 Å². The largest absolute Gasteiger partial charge is 0.387 e. The Morgan fingerprint density at radius 3 is 2.86 bits per heavy atom. The van der Waals surface area contributed by atoms with E-state index in [2.05, 4.69) is 15.0 Å². The van der Waals surface area contributed by atoms with E-state index in [-0.39, 0.29) is 17.8 Å². The lowest BCUT2D eigenvalue weighted by Gasteiger charge is -2.16. The Morgan fingerprint density at radius 1 is 1.38 bits per heavy atom. The smallest absolute Gasteiger partial charge is 0.327 e. The summed E-state index contributed by atoms with van der Waals surface area (Å²) >= 11 is 0. The minimum Gasteiger partial charge on any atom is -0.387 e. The molecule has 1 saturated heterocycles. The molecule has 0 unspecified atom stereocenters. The van der Waals surface area contributed by atoms with Gasteiger partial charge in [0, 0.05) is 7.11 Å². The summed E-state index contributed by atoms with van der Waals surface area (Å²) in [5.74, 6) is 0. The van der Waals surface area contributed by atoms with Crippen LogP contribution in [0, 0.1) is 0 Å². The van der Waals surface area contributed by atoms with E-state index in [9.17, 15) is 19.8 Å². The number of H-pyrrole nitrogens is 2. The third kappa shape index (κ3) is 2.17. The number of hydrogen-bond donors (Lipinski definition) is 4. The molecule has 21 heavy (non-hydrogen) atoms. The van der Waals surface area contributed by atoms with E-state index in [0.717, 1.165) is 0 Å². The Bertz CT molecular complexity index is 764. The fourth-order valence-electron chi connectivity index (χ4n) is 2.41. The van der Waals surface area contributed by atoms with Crippen LogP contribution in [0.4, 0.5) is 0 Å². The average Bonchev–Trinajstić information content (AvgIpc) is 2.96. The van der Waals surface area contributed by atoms with Gasteiger partial charge in [0.1, 0.15) is 24.0 Å². The summed E-state index contributed by atoms with van der Waals surface area (Å²) in [7, 11) is 1.44.